The van der Waals surface area contributed by atoms with E-state index in [1.165, 1.54) is 16.4 Å². The van der Waals surface area contributed by atoms with Crippen LogP contribution in [-0.2, 0) is 14.8 Å². The maximum Gasteiger partial charge on any atom is 0.243 e. The van der Waals surface area contributed by atoms with Gasteiger partial charge in [-0.15, -0.1) is 0 Å². The van der Waals surface area contributed by atoms with Crippen molar-refractivity contribution in [1.29, 1.82) is 0 Å². The van der Waals surface area contributed by atoms with Crippen molar-refractivity contribution in [2.45, 2.75) is 30.7 Å². The van der Waals surface area contributed by atoms with Gasteiger partial charge in [-0.3, -0.25) is 4.79 Å². The molecule has 0 unspecified atom stereocenters. The molecule has 1 saturated heterocycles. The van der Waals surface area contributed by atoms with Crippen LogP contribution in [0.1, 0.15) is 31.4 Å². The summed E-state index contributed by atoms with van der Waals surface area (Å²) >= 11 is 0. The number of ether oxygens (including phenoxy) is 4. The van der Waals surface area contributed by atoms with Crippen LogP contribution in [0.15, 0.2) is 41.3 Å². The number of carbonyl (C=O) groups is 1. The summed E-state index contributed by atoms with van der Waals surface area (Å²) in [7, 11) is -3.68. The lowest BCUT2D eigenvalue weighted by atomic mass is 9.96. The van der Waals surface area contributed by atoms with Gasteiger partial charge in [0, 0.05) is 25.1 Å². The van der Waals surface area contributed by atoms with E-state index < -0.39 is 10.0 Å². The molecule has 0 aromatic heterocycles. The molecular formula is C24H28N2O7S. The monoisotopic (exact) mass is 488 g/mol. The Bertz CT molecular complexity index is 1180. The minimum Gasteiger partial charge on any atom is -0.486 e. The summed E-state index contributed by atoms with van der Waals surface area (Å²) in [6.07, 6.45) is 0.924. The van der Waals surface area contributed by atoms with Crippen molar-refractivity contribution in [3.8, 4) is 23.0 Å². The molecule has 10 heteroatoms. The highest BCUT2D eigenvalue weighted by Crippen LogP contribution is 2.35. The minimum atomic E-state index is -3.68. The third kappa shape index (κ3) is 4.52. The average Bonchev–Trinajstić information content (AvgIpc) is 2.88. The van der Waals surface area contributed by atoms with Crippen LogP contribution in [0.2, 0.25) is 0 Å². The second-order valence-corrected chi connectivity index (χ2v) is 10.6. The number of hydrogen-bond donors (Lipinski definition) is 1. The summed E-state index contributed by atoms with van der Waals surface area (Å²) in [5, 5.41) is 3.06. The number of benzene rings is 2. The van der Waals surface area contributed by atoms with Crippen molar-refractivity contribution in [1.82, 2.24) is 9.62 Å². The summed E-state index contributed by atoms with van der Waals surface area (Å²) in [5.41, 5.74) is 0.927. The predicted octanol–water partition coefficient (Wildman–Crippen LogP) is 2.51. The fourth-order valence-electron chi connectivity index (χ4n) is 4.44. The molecule has 1 atom stereocenters. The molecule has 3 aliphatic rings. The van der Waals surface area contributed by atoms with Crippen molar-refractivity contribution in [3.05, 3.63) is 42.0 Å². The number of fused-ring (bicyclic) bond motifs is 2. The second kappa shape index (κ2) is 9.34. The Kier molecular flexibility index (Phi) is 6.26. The van der Waals surface area contributed by atoms with Crippen LogP contribution in [0.25, 0.3) is 0 Å². The first-order chi connectivity index (χ1) is 16.4. The Morgan fingerprint density at radius 2 is 1.44 bits per heavy atom. The highest BCUT2D eigenvalue weighted by atomic mass is 32.2. The molecule has 2 aromatic rings. The van der Waals surface area contributed by atoms with Gasteiger partial charge in [0.05, 0.1) is 10.9 Å². The van der Waals surface area contributed by atoms with E-state index in [1.54, 1.807) is 6.07 Å². The Hall–Kier alpha value is -2.98. The largest absolute Gasteiger partial charge is 0.486 e. The zero-order chi connectivity index (χ0) is 23.7. The van der Waals surface area contributed by atoms with Gasteiger partial charge < -0.3 is 24.3 Å². The van der Waals surface area contributed by atoms with E-state index in [1.807, 2.05) is 25.1 Å². The first kappa shape index (κ1) is 22.8. The molecule has 0 bridgehead atoms. The lowest BCUT2D eigenvalue weighted by Gasteiger charge is -2.31. The molecule has 0 radical (unpaired) electrons. The molecule has 2 aromatic carbocycles. The van der Waals surface area contributed by atoms with E-state index in [0.29, 0.717) is 62.3 Å². The van der Waals surface area contributed by atoms with Gasteiger partial charge in [0.2, 0.25) is 15.9 Å². The topological polar surface area (TPSA) is 103 Å². The van der Waals surface area contributed by atoms with Gasteiger partial charge in [0.25, 0.3) is 0 Å². The third-order valence-electron chi connectivity index (χ3n) is 6.40. The maximum absolute atomic E-state index is 13.1. The number of nitrogens with zero attached hydrogens (tertiary/aromatic N) is 1. The molecule has 9 nitrogen and oxygen atoms in total. The summed E-state index contributed by atoms with van der Waals surface area (Å²) < 4.78 is 49.9. The molecular weight excluding hydrogens is 460 g/mol. The van der Waals surface area contributed by atoms with Gasteiger partial charge >= 0.3 is 0 Å². The van der Waals surface area contributed by atoms with Gasteiger partial charge in [-0.2, -0.15) is 4.31 Å². The van der Waals surface area contributed by atoms with Crippen molar-refractivity contribution in [2.75, 3.05) is 39.5 Å². The molecule has 1 N–H and O–H groups in total. The predicted molar refractivity (Wildman–Crippen MR) is 123 cm³/mol. The van der Waals surface area contributed by atoms with Gasteiger partial charge in [-0.25, -0.2) is 8.42 Å². The smallest absolute Gasteiger partial charge is 0.243 e. The fourth-order valence-corrected chi connectivity index (χ4v) is 5.92. The molecule has 5 rings (SSSR count). The summed E-state index contributed by atoms with van der Waals surface area (Å²) in [5.74, 6) is 2.07. The van der Waals surface area contributed by atoms with Crippen molar-refractivity contribution >= 4 is 15.9 Å². The molecule has 1 amide bonds. The zero-order valence-corrected chi connectivity index (χ0v) is 19.8. The van der Waals surface area contributed by atoms with Gasteiger partial charge in [0.1, 0.15) is 26.4 Å². The molecule has 182 valence electrons. The first-order valence-electron chi connectivity index (χ1n) is 11.5. The number of rotatable bonds is 5. The lowest BCUT2D eigenvalue weighted by Crippen LogP contribution is -2.43. The number of sulfonamides is 1. The summed E-state index contributed by atoms with van der Waals surface area (Å²) in [4.78, 5) is 13.1. The lowest BCUT2D eigenvalue weighted by molar-refractivity contribution is -0.126. The molecule has 1 fully saturated rings. The van der Waals surface area contributed by atoms with Gasteiger partial charge in [0.15, 0.2) is 23.0 Å². The van der Waals surface area contributed by atoms with Crippen LogP contribution < -0.4 is 24.3 Å². The molecule has 0 aliphatic carbocycles. The number of carbonyl (C=O) groups excluding carboxylic acids is 1. The Morgan fingerprint density at radius 1 is 0.882 bits per heavy atom. The van der Waals surface area contributed by atoms with E-state index >= 15 is 0 Å². The van der Waals surface area contributed by atoms with E-state index in [0.717, 1.165) is 5.56 Å². The Labute approximate surface area is 199 Å². The minimum absolute atomic E-state index is 0.0706. The maximum atomic E-state index is 13.1. The molecule has 34 heavy (non-hydrogen) atoms. The van der Waals surface area contributed by atoms with Gasteiger partial charge in [-0.05, 0) is 49.6 Å². The molecule has 3 aliphatic heterocycles. The van der Waals surface area contributed by atoms with E-state index in [9.17, 15) is 13.2 Å². The highest BCUT2D eigenvalue weighted by molar-refractivity contribution is 7.89. The van der Waals surface area contributed by atoms with Crippen LogP contribution in [0.4, 0.5) is 0 Å². The molecule has 0 spiro atoms. The number of hydrogen-bond acceptors (Lipinski definition) is 7. The second-order valence-electron chi connectivity index (χ2n) is 8.62. The van der Waals surface area contributed by atoms with Crippen molar-refractivity contribution < 1.29 is 32.2 Å². The number of piperidine rings is 1. The van der Waals surface area contributed by atoms with Crippen molar-refractivity contribution in [2.24, 2.45) is 5.92 Å². The average molecular weight is 489 g/mol. The Balaban J connectivity index is 1.19. The third-order valence-corrected chi connectivity index (χ3v) is 8.30. The summed E-state index contributed by atoms with van der Waals surface area (Å²) in [6.45, 7) is 4.36. The van der Waals surface area contributed by atoms with E-state index in [2.05, 4.69) is 5.32 Å². The van der Waals surface area contributed by atoms with Crippen LogP contribution in [0.5, 0.6) is 23.0 Å². The highest BCUT2D eigenvalue weighted by Gasteiger charge is 2.33. The SMILES string of the molecule is C[C@H](NC(=O)C1CCN(S(=O)(=O)c2ccc3c(c2)OCCO3)CC1)c1ccc2c(c1)OCCO2. The van der Waals surface area contributed by atoms with Crippen LogP contribution in [-0.4, -0.2) is 58.1 Å². The van der Waals surface area contributed by atoms with Gasteiger partial charge in [-0.1, -0.05) is 6.07 Å². The van der Waals surface area contributed by atoms with E-state index in [-0.39, 0.29) is 35.9 Å². The van der Waals surface area contributed by atoms with E-state index in [4.69, 9.17) is 18.9 Å². The zero-order valence-electron chi connectivity index (χ0n) is 19.0. The molecule has 0 saturated carbocycles. The van der Waals surface area contributed by atoms with Crippen LogP contribution >= 0.6 is 0 Å². The number of nitrogens with one attached hydrogen (secondary N) is 1. The fraction of sp³-hybridized carbons (Fsp3) is 0.458. The standard InChI is InChI=1S/C24H28N2O7S/c1-16(18-2-4-20-22(14-18)32-12-10-30-20)25-24(27)17-6-8-26(9-7-17)34(28,29)19-3-5-21-23(15-19)33-13-11-31-21/h2-5,14-17H,6-13H2,1H3,(H,25,27)/t16-/m0/s1. The Morgan fingerprint density at radius 3 is 2.09 bits per heavy atom. The quantitative estimate of drug-likeness (QED) is 0.690. The summed E-state index contributed by atoms with van der Waals surface area (Å²) in [6, 6.07) is 10.1. The number of amides is 1. The van der Waals surface area contributed by atoms with Crippen LogP contribution in [0.3, 0.4) is 0 Å². The van der Waals surface area contributed by atoms with Crippen LogP contribution in [0, 0.1) is 5.92 Å². The van der Waals surface area contributed by atoms with Crippen molar-refractivity contribution in [3.63, 3.8) is 0 Å². The first-order valence-corrected chi connectivity index (χ1v) is 13.0. The normalized spacial score (nSPS) is 19.3. The molecule has 3 heterocycles.